The number of rotatable bonds is 7. The number of aromatic nitrogens is 1. The third-order valence-electron chi connectivity index (χ3n) is 3.23. The molecule has 0 saturated carbocycles. The number of aryl methyl sites for hydroxylation is 1. The van der Waals surface area contributed by atoms with Gasteiger partial charge in [-0.15, -0.1) is 11.3 Å². The minimum Gasteiger partial charge on any atom is -0.444 e. The number of amides is 1. The van der Waals surface area contributed by atoms with Gasteiger partial charge in [0.2, 0.25) is 0 Å². The molecule has 1 amide bonds. The summed E-state index contributed by atoms with van der Waals surface area (Å²) in [6.07, 6.45) is 1.56. The van der Waals surface area contributed by atoms with E-state index in [0.717, 1.165) is 18.1 Å². The lowest BCUT2D eigenvalue weighted by atomic mass is 9.96. The van der Waals surface area contributed by atoms with Crippen LogP contribution in [0.15, 0.2) is 6.20 Å². The quantitative estimate of drug-likeness (QED) is 0.806. The fraction of sp³-hybridized carbons (Fsp3) is 0.750. The number of hydrogen-bond acceptors (Lipinski definition) is 5. The first kappa shape index (κ1) is 18.9. The maximum absolute atomic E-state index is 11.7. The molecule has 0 saturated heterocycles. The van der Waals surface area contributed by atoms with Crippen LogP contribution in [0.5, 0.6) is 0 Å². The van der Waals surface area contributed by atoms with Crippen LogP contribution in [0, 0.1) is 18.8 Å². The van der Waals surface area contributed by atoms with Crippen molar-refractivity contribution < 1.29 is 9.53 Å². The van der Waals surface area contributed by atoms with Gasteiger partial charge < -0.3 is 15.4 Å². The second kappa shape index (κ2) is 8.48. The van der Waals surface area contributed by atoms with Crippen molar-refractivity contribution in [1.82, 2.24) is 15.6 Å². The molecular formula is C16H29N3O2S. The van der Waals surface area contributed by atoms with Gasteiger partial charge in [-0.2, -0.15) is 0 Å². The van der Waals surface area contributed by atoms with Crippen LogP contribution in [-0.2, 0) is 11.3 Å². The predicted octanol–water partition coefficient (Wildman–Crippen LogP) is 3.34. The van der Waals surface area contributed by atoms with E-state index >= 15 is 0 Å². The summed E-state index contributed by atoms with van der Waals surface area (Å²) in [5.41, 5.74) is -0.459. The summed E-state index contributed by atoms with van der Waals surface area (Å²) < 4.78 is 5.27. The smallest absolute Gasteiger partial charge is 0.407 e. The number of nitrogens with one attached hydrogen (secondary N) is 2. The first-order valence-corrected chi connectivity index (χ1v) is 8.58. The fourth-order valence-corrected chi connectivity index (χ4v) is 2.70. The molecule has 0 aliphatic heterocycles. The Morgan fingerprint density at radius 2 is 2.05 bits per heavy atom. The lowest BCUT2D eigenvalue weighted by molar-refractivity contribution is 0.0515. The Morgan fingerprint density at radius 1 is 1.36 bits per heavy atom. The van der Waals surface area contributed by atoms with E-state index in [9.17, 15) is 4.79 Å². The molecule has 22 heavy (non-hydrogen) atoms. The molecule has 1 atom stereocenters. The van der Waals surface area contributed by atoms with Crippen LogP contribution in [0.25, 0.3) is 0 Å². The molecule has 1 unspecified atom stereocenters. The Morgan fingerprint density at radius 3 is 2.55 bits per heavy atom. The van der Waals surface area contributed by atoms with Gasteiger partial charge in [0.25, 0.3) is 0 Å². The number of ether oxygens (including phenoxy) is 1. The largest absolute Gasteiger partial charge is 0.444 e. The molecule has 2 N–H and O–H groups in total. The molecule has 5 nitrogen and oxygen atoms in total. The highest BCUT2D eigenvalue weighted by molar-refractivity contribution is 7.11. The highest BCUT2D eigenvalue weighted by Crippen LogP contribution is 2.13. The van der Waals surface area contributed by atoms with E-state index in [1.165, 1.54) is 4.88 Å². The Hall–Kier alpha value is -1.14. The molecule has 1 rings (SSSR count). The highest BCUT2D eigenvalue weighted by Gasteiger charge is 2.19. The van der Waals surface area contributed by atoms with Crippen molar-refractivity contribution in [3.8, 4) is 0 Å². The van der Waals surface area contributed by atoms with Gasteiger partial charge in [-0.05, 0) is 39.5 Å². The number of carbonyl (C=O) groups excluding carboxylic acids is 1. The third-order valence-corrected chi connectivity index (χ3v) is 4.14. The van der Waals surface area contributed by atoms with Crippen LogP contribution in [0.2, 0.25) is 0 Å². The zero-order chi connectivity index (χ0) is 16.8. The normalized spacial score (nSPS) is 13.2. The zero-order valence-corrected chi connectivity index (χ0v) is 15.3. The molecule has 1 aromatic rings. The Bertz CT molecular complexity index is 466. The molecule has 1 heterocycles. The van der Waals surface area contributed by atoms with Crippen LogP contribution in [-0.4, -0.2) is 29.8 Å². The first-order chi connectivity index (χ1) is 10.2. The fourth-order valence-electron chi connectivity index (χ4n) is 1.94. The Kier molecular flexibility index (Phi) is 7.29. The SMILES string of the molecule is Cc1ncc(CNCC(CNC(=O)OC(C)(C)C)C(C)C)s1. The van der Waals surface area contributed by atoms with Crippen molar-refractivity contribution in [2.24, 2.45) is 11.8 Å². The van der Waals surface area contributed by atoms with Crippen molar-refractivity contribution in [2.75, 3.05) is 13.1 Å². The van der Waals surface area contributed by atoms with E-state index in [0.29, 0.717) is 18.4 Å². The maximum Gasteiger partial charge on any atom is 0.407 e. The highest BCUT2D eigenvalue weighted by atomic mass is 32.1. The second-order valence-electron chi connectivity index (χ2n) is 6.86. The van der Waals surface area contributed by atoms with Gasteiger partial charge in [0.1, 0.15) is 5.60 Å². The average molecular weight is 327 g/mol. The van der Waals surface area contributed by atoms with E-state index in [4.69, 9.17) is 4.74 Å². The van der Waals surface area contributed by atoms with Crippen molar-refractivity contribution in [3.63, 3.8) is 0 Å². The van der Waals surface area contributed by atoms with Gasteiger partial charge >= 0.3 is 6.09 Å². The van der Waals surface area contributed by atoms with Crippen LogP contribution in [0.1, 0.15) is 44.5 Å². The molecule has 0 bridgehead atoms. The Labute approximate surface area is 137 Å². The average Bonchev–Trinajstić information content (AvgIpc) is 2.76. The lowest BCUT2D eigenvalue weighted by Crippen LogP contribution is -2.39. The number of carbonyl (C=O) groups is 1. The van der Waals surface area contributed by atoms with Crippen LogP contribution >= 0.6 is 11.3 Å². The summed E-state index contributed by atoms with van der Waals surface area (Å²) >= 11 is 1.71. The molecule has 6 heteroatoms. The summed E-state index contributed by atoms with van der Waals surface area (Å²) in [6, 6.07) is 0. The molecule has 0 aliphatic carbocycles. The van der Waals surface area contributed by atoms with Crippen molar-refractivity contribution in [2.45, 2.75) is 53.7 Å². The molecule has 0 fully saturated rings. The van der Waals surface area contributed by atoms with Crippen molar-refractivity contribution >= 4 is 17.4 Å². The summed E-state index contributed by atoms with van der Waals surface area (Å²) in [4.78, 5) is 17.2. The number of hydrogen-bond donors (Lipinski definition) is 2. The molecule has 0 aliphatic rings. The van der Waals surface area contributed by atoms with Gasteiger partial charge in [-0.1, -0.05) is 13.8 Å². The van der Waals surface area contributed by atoms with Crippen LogP contribution in [0.3, 0.4) is 0 Å². The summed E-state index contributed by atoms with van der Waals surface area (Å²) in [5.74, 6) is 0.840. The molecule has 0 radical (unpaired) electrons. The first-order valence-electron chi connectivity index (χ1n) is 7.76. The zero-order valence-electron chi connectivity index (χ0n) is 14.5. The number of thiazole rings is 1. The minimum absolute atomic E-state index is 0.351. The van der Waals surface area contributed by atoms with Crippen molar-refractivity contribution in [3.05, 3.63) is 16.1 Å². The summed E-state index contributed by atoms with van der Waals surface area (Å²) in [6.45, 7) is 14.2. The predicted molar refractivity (Wildman–Crippen MR) is 91.1 cm³/mol. The lowest BCUT2D eigenvalue weighted by Gasteiger charge is -2.24. The van der Waals surface area contributed by atoms with E-state index in [1.807, 2.05) is 33.9 Å². The topological polar surface area (TPSA) is 63.2 Å². The van der Waals surface area contributed by atoms with Gasteiger partial charge in [-0.25, -0.2) is 9.78 Å². The van der Waals surface area contributed by atoms with Gasteiger partial charge in [0.15, 0.2) is 0 Å². The van der Waals surface area contributed by atoms with E-state index in [-0.39, 0.29) is 6.09 Å². The van der Waals surface area contributed by atoms with Crippen LogP contribution < -0.4 is 10.6 Å². The van der Waals surface area contributed by atoms with E-state index < -0.39 is 5.60 Å². The third kappa shape index (κ3) is 7.75. The minimum atomic E-state index is -0.459. The van der Waals surface area contributed by atoms with E-state index in [1.54, 1.807) is 11.3 Å². The van der Waals surface area contributed by atoms with Crippen molar-refractivity contribution in [1.29, 1.82) is 0 Å². The molecule has 0 aromatic carbocycles. The second-order valence-corrected chi connectivity index (χ2v) is 8.18. The summed E-state index contributed by atoms with van der Waals surface area (Å²) in [7, 11) is 0. The standard InChI is InChI=1S/C16H29N3O2S/c1-11(2)13(8-19-15(20)21-16(4,5)6)7-17-9-14-10-18-12(3)22-14/h10-11,13,17H,7-9H2,1-6H3,(H,19,20). The van der Waals surface area contributed by atoms with E-state index in [2.05, 4.69) is 29.5 Å². The molecule has 1 aromatic heterocycles. The van der Waals surface area contributed by atoms with Gasteiger partial charge in [-0.3, -0.25) is 0 Å². The monoisotopic (exact) mass is 327 g/mol. The molecular weight excluding hydrogens is 298 g/mol. The number of alkyl carbamates (subject to hydrolysis) is 1. The van der Waals surface area contributed by atoms with Crippen LogP contribution in [0.4, 0.5) is 4.79 Å². The maximum atomic E-state index is 11.7. The molecule has 0 spiro atoms. The molecule has 126 valence electrons. The van der Waals surface area contributed by atoms with Gasteiger partial charge in [0.05, 0.1) is 5.01 Å². The Balaban J connectivity index is 2.34. The summed E-state index contributed by atoms with van der Waals surface area (Å²) in [5, 5.41) is 7.40. The van der Waals surface area contributed by atoms with Gasteiger partial charge in [0, 0.05) is 30.7 Å². The number of nitrogens with zero attached hydrogens (tertiary/aromatic N) is 1.